The predicted octanol–water partition coefficient (Wildman–Crippen LogP) is 3.07. The van der Waals surface area contributed by atoms with Crippen LogP contribution >= 0.6 is 0 Å². The molecular formula is C18H18N2O2. The molecule has 3 rings (SSSR count). The van der Waals surface area contributed by atoms with Crippen LogP contribution < -0.4 is 10.2 Å². The topological polar surface area (TPSA) is 49.4 Å². The van der Waals surface area contributed by atoms with Gasteiger partial charge >= 0.3 is 0 Å². The van der Waals surface area contributed by atoms with E-state index in [-0.39, 0.29) is 11.8 Å². The number of rotatable bonds is 2. The van der Waals surface area contributed by atoms with Gasteiger partial charge in [0, 0.05) is 24.0 Å². The van der Waals surface area contributed by atoms with Crippen molar-refractivity contribution in [3.63, 3.8) is 0 Å². The van der Waals surface area contributed by atoms with Crippen LogP contribution in [0.3, 0.4) is 0 Å². The molecule has 0 bridgehead atoms. The number of amides is 2. The van der Waals surface area contributed by atoms with E-state index in [1.165, 1.54) is 0 Å². The second-order valence-corrected chi connectivity index (χ2v) is 5.73. The fourth-order valence-corrected chi connectivity index (χ4v) is 2.63. The molecule has 0 atom stereocenters. The maximum Gasteiger partial charge on any atom is 0.255 e. The Morgan fingerprint density at radius 3 is 2.59 bits per heavy atom. The number of nitrogens with one attached hydrogen (secondary N) is 1. The Kier molecular flexibility index (Phi) is 3.45. The molecule has 0 aromatic heterocycles. The van der Waals surface area contributed by atoms with E-state index < -0.39 is 0 Å². The average molecular weight is 294 g/mol. The zero-order valence-electron chi connectivity index (χ0n) is 12.9. The first-order chi connectivity index (χ1) is 10.5. The highest BCUT2D eigenvalue weighted by Gasteiger charge is 2.24. The lowest BCUT2D eigenvalue weighted by Crippen LogP contribution is -2.20. The van der Waals surface area contributed by atoms with Crippen molar-refractivity contribution in [1.29, 1.82) is 0 Å². The van der Waals surface area contributed by atoms with Crippen LogP contribution in [-0.2, 0) is 11.2 Å². The standard InChI is InChI=1S/C18H18N2O2/c1-11-4-5-13(8-12(11)2)18(22)19-15-6-7-16-14(9-15)10-17(21)20(16)3/h4-9H,10H2,1-3H3,(H,19,22). The monoisotopic (exact) mass is 294 g/mol. The number of benzene rings is 2. The Bertz CT molecular complexity index is 781. The number of carbonyl (C=O) groups is 2. The molecule has 0 radical (unpaired) electrons. The molecule has 4 nitrogen and oxygen atoms in total. The van der Waals surface area contributed by atoms with Gasteiger partial charge in [0.15, 0.2) is 0 Å². The summed E-state index contributed by atoms with van der Waals surface area (Å²) < 4.78 is 0. The van der Waals surface area contributed by atoms with Gasteiger partial charge in [-0.25, -0.2) is 0 Å². The molecule has 1 aliphatic rings. The Morgan fingerprint density at radius 2 is 1.86 bits per heavy atom. The molecule has 2 amide bonds. The third-order valence-corrected chi connectivity index (χ3v) is 4.18. The molecule has 4 heteroatoms. The van der Waals surface area contributed by atoms with Crippen LogP contribution in [-0.4, -0.2) is 18.9 Å². The molecular weight excluding hydrogens is 276 g/mol. The normalized spacial score (nSPS) is 13.2. The van der Waals surface area contributed by atoms with Crippen LogP contribution in [0.1, 0.15) is 27.0 Å². The number of carbonyl (C=O) groups excluding carboxylic acids is 2. The van der Waals surface area contributed by atoms with Crippen molar-refractivity contribution < 1.29 is 9.59 Å². The van der Waals surface area contributed by atoms with Gasteiger partial charge in [-0.15, -0.1) is 0 Å². The lowest BCUT2D eigenvalue weighted by molar-refractivity contribution is -0.117. The number of anilines is 2. The lowest BCUT2D eigenvalue weighted by Gasteiger charge is -2.11. The van der Waals surface area contributed by atoms with Crippen LogP contribution in [0, 0.1) is 13.8 Å². The van der Waals surface area contributed by atoms with Crippen LogP contribution in [0.4, 0.5) is 11.4 Å². The average Bonchev–Trinajstić information content (AvgIpc) is 2.76. The number of hydrogen-bond donors (Lipinski definition) is 1. The summed E-state index contributed by atoms with van der Waals surface area (Å²) in [5, 5.41) is 2.90. The van der Waals surface area contributed by atoms with Gasteiger partial charge in [-0.2, -0.15) is 0 Å². The van der Waals surface area contributed by atoms with Gasteiger partial charge in [-0.3, -0.25) is 9.59 Å². The summed E-state index contributed by atoms with van der Waals surface area (Å²) in [5.41, 5.74) is 5.46. The smallest absolute Gasteiger partial charge is 0.255 e. The SMILES string of the molecule is Cc1ccc(C(=O)Nc2ccc3c(c2)CC(=O)N3C)cc1C. The van der Waals surface area contributed by atoms with Crippen molar-refractivity contribution in [2.24, 2.45) is 0 Å². The fraction of sp³-hybridized carbons (Fsp3) is 0.222. The maximum atomic E-state index is 12.3. The van der Waals surface area contributed by atoms with E-state index in [9.17, 15) is 9.59 Å². The highest BCUT2D eigenvalue weighted by atomic mass is 16.2. The first-order valence-corrected chi connectivity index (χ1v) is 7.24. The summed E-state index contributed by atoms with van der Waals surface area (Å²) in [6.07, 6.45) is 0.388. The van der Waals surface area contributed by atoms with Gasteiger partial charge in [-0.1, -0.05) is 6.07 Å². The lowest BCUT2D eigenvalue weighted by atomic mass is 10.1. The van der Waals surface area contributed by atoms with E-state index in [4.69, 9.17) is 0 Å². The Labute approximate surface area is 129 Å². The van der Waals surface area contributed by atoms with E-state index in [1.54, 1.807) is 11.9 Å². The number of nitrogens with zero attached hydrogens (tertiary/aromatic N) is 1. The van der Waals surface area contributed by atoms with E-state index >= 15 is 0 Å². The Balaban J connectivity index is 1.82. The second-order valence-electron chi connectivity index (χ2n) is 5.73. The molecule has 22 heavy (non-hydrogen) atoms. The Hall–Kier alpha value is -2.62. The van der Waals surface area contributed by atoms with Crippen molar-refractivity contribution in [2.75, 3.05) is 17.3 Å². The third-order valence-electron chi connectivity index (χ3n) is 4.18. The van der Waals surface area contributed by atoms with Gasteiger partial charge < -0.3 is 10.2 Å². The predicted molar refractivity (Wildman–Crippen MR) is 87.4 cm³/mol. The fourth-order valence-electron chi connectivity index (χ4n) is 2.63. The van der Waals surface area contributed by atoms with Gasteiger partial charge in [-0.05, 0) is 60.9 Å². The largest absolute Gasteiger partial charge is 0.322 e. The van der Waals surface area contributed by atoms with Crippen molar-refractivity contribution in [2.45, 2.75) is 20.3 Å². The molecule has 112 valence electrons. The summed E-state index contributed by atoms with van der Waals surface area (Å²) in [4.78, 5) is 25.7. The maximum absolute atomic E-state index is 12.3. The van der Waals surface area contributed by atoms with Crippen LogP contribution in [0.15, 0.2) is 36.4 Å². The van der Waals surface area contributed by atoms with E-state index in [0.717, 1.165) is 22.4 Å². The molecule has 0 saturated heterocycles. The van der Waals surface area contributed by atoms with Crippen LogP contribution in [0.25, 0.3) is 0 Å². The van der Waals surface area contributed by atoms with E-state index in [1.807, 2.05) is 50.2 Å². The van der Waals surface area contributed by atoms with Crippen LogP contribution in [0.5, 0.6) is 0 Å². The highest BCUT2D eigenvalue weighted by molar-refractivity contribution is 6.05. The van der Waals surface area contributed by atoms with Crippen molar-refractivity contribution in [3.05, 3.63) is 58.7 Å². The van der Waals surface area contributed by atoms with Gasteiger partial charge in [0.2, 0.25) is 5.91 Å². The van der Waals surface area contributed by atoms with Gasteiger partial charge in [0.25, 0.3) is 5.91 Å². The van der Waals surface area contributed by atoms with Crippen molar-refractivity contribution >= 4 is 23.2 Å². The quantitative estimate of drug-likeness (QED) is 0.925. The molecule has 1 N–H and O–H groups in total. The minimum atomic E-state index is -0.138. The van der Waals surface area contributed by atoms with Crippen LogP contribution in [0.2, 0.25) is 0 Å². The van der Waals surface area contributed by atoms with Crippen molar-refractivity contribution in [3.8, 4) is 0 Å². The molecule has 0 unspecified atom stereocenters. The molecule has 1 heterocycles. The molecule has 1 aliphatic heterocycles. The van der Waals surface area contributed by atoms with Crippen molar-refractivity contribution in [1.82, 2.24) is 0 Å². The zero-order valence-corrected chi connectivity index (χ0v) is 12.9. The molecule has 0 spiro atoms. The van der Waals surface area contributed by atoms with E-state index in [0.29, 0.717) is 17.7 Å². The molecule has 0 fully saturated rings. The first kappa shape index (κ1) is 14.3. The summed E-state index contributed by atoms with van der Waals surface area (Å²) in [5.74, 6) is -0.0617. The van der Waals surface area contributed by atoms with Gasteiger partial charge in [0.05, 0.1) is 6.42 Å². The summed E-state index contributed by atoms with van der Waals surface area (Å²) >= 11 is 0. The molecule has 2 aromatic carbocycles. The minimum Gasteiger partial charge on any atom is -0.322 e. The number of hydrogen-bond acceptors (Lipinski definition) is 2. The number of aryl methyl sites for hydroxylation is 2. The Morgan fingerprint density at radius 1 is 1.09 bits per heavy atom. The first-order valence-electron chi connectivity index (χ1n) is 7.24. The number of likely N-dealkylation sites (N-methyl/N-ethyl adjacent to an activating group) is 1. The molecule has 0 aliphatic carbocycles. The van der Waals surface area contributed by atoms with E-state index in [2.05, 4.69) is 5.32 Å². The zero-order chi connectivity index (χ0) is 15.9. The molecule has 0 saturated carbocycles. The minimum absolute atomic E-state index is 0.0765. The summed E-state index contributed by atoms with van der Waals surface area (Å²) in [7, 11) is 1.77. The number of fused-ring (bicyclic) bond motifs is 1. The van der Waals surface area contributed by atoms with Gasteiger partial charge in [0.1, 0.15) is 0 Å². The molecule has 2 aromatic rings. The third kappa shape index (κ3) is 2.48. The second kappa shape index (κ2) is 5.30. The summed E-state index contributed by atoms with van der Waals surface area (Å²) in [6, 6.07) is 11.2. The highest BCUT2D eigenvalue weighted by Crippen LogP contribution is 2.30. The summed E-state index contributed by atoms with van der Waals surface area (Å²) in [6.45, 7) is 4.01.